The number of benzene rings is 2. The minimum Gasteiger partial charge on any atom is -0.494 e. The van der Waals surface area contributed by atoms with Gasteiger partial charge in [-0.15, -0.1) is 0 Å². The van der Waals surface area contributed by atoms with E-state index >= 15 is 0 Å². The summed E-state index contributed by atoms with van der Waals surface area (Å²) in [5, 5.41) is 2.33. The largest absolute Gasteiger partial charge is 0.494 e. The molecule has 9 heteroatoms. The van der Waals surface area contributed by atoms with Gasteiger partial charge in [0.1, 0.15) is 22.9 Å². The molecule has 0 aliphatic heterocycles. The van der Waals surface area contributed by atoms with Gasteiger partial charge in [0.15, 0.2) is 0 Å². The Kier molecular flexibility index (Phi) is 5.03. The van der Waals surface area contributed by atoms with Gasteiger partial charge in [-0.05, 0) is 24.3 Å². The zero-order chi connectivity index (χ0) is 17.9. The van der Waals surface area contributed by atoms with Crippen molar-refractivity contribution in [1.82, 2.24) is 0 Å². The number of rotatable bonds is 5. The van der Waals surface area contributed by atoms with E-state index in [9.17, 15) is 22.0 Å². The van der Waals surface area contributed by atoms with Gasteiger partial charge in [-0.2, -0.15) is 0 Å². The summed E-state index contributed by atoms with van der Waals surface area (Å²) in [6, 6.07) is 7.13. The molecule has 0 radical (unpaired) electrons. The van der Waals surface area contributed by atoms with Crippen LogP contribution in [0.2, 0.25) is 0 Å². The van der Waals surface area contributed by atoms with E-state index in [0.29, 0.717) is 0 Å². The van der Waals surface area contributed by atoms with E-state index in [1.54, 1.807) is 0 Å². The number of sulfonamides is 1. The first-order valence-corrected chi connectivity index (χ1v) is 8.51. The summed E-state index contributed by atoms with van der Waals surface area (Å²) < 4.78 is 57.0. The predicted octanol–water partition coefficient (Wildman–Crippen LogP) is 2.60. The lowest BCUT2D eigenvalue weighted by Gasteiger charge is -2.12. The van der Waals surface area contributed by atoms with Crippen molar-refractivity contribution < 1.29 is 26.7 Å². The van der Waals surface area contributed by atoms with Crippen LogP contribution in [0, 0.1) is 11.6 Å². The van der Waals surface area contributed by atoms with Crippen molar-refractivity contribution in [1.29, 1.82) is 0 Å². The highest BCUT2D eigenvalue weighted by Crippen LogP contribution is 2.29. The Morgan fingerprint density at radius 3 is 2.29 bits per heavy atom. The van der Waals surface area contributed by atoms with Gasteiger partial charge in [0.2, 0.25) is 10.0 Å². The van der Waals surface area contributed by atoms with E-state index < -0.39 is 33.1 Å². The molecule has 2 N–H and O–H groups in total. The van der Waals surface area contributed by atoms with Crippen LogP contribution >= 0.6 is 0 Å². The van der Waals surface area contributed by atoms with E-state index in [1.807, 2.05) is 0 Å². The van der Waals surface area contributed by atoms with E-state index in [4.69, 9.17) is 4.74 Å². The van der Waals surface area contributed by atoms with Gasteiger partial charge < -0.3 is 10.1 Å². The Labute approximate surface area is 137 Å². The van der Waals surface area contributed by atoms with Crippen LogP contribution in [0.5, 0.6) is 5.75 Å². The summed E-state index contributed by atoms with van der Waals surface area (Å²) in [4.78, 5) is 12.0. The summed E-state index contributed by atoms with van der Waals surface area (Å²) in [5.74, 6) is -2.83. The lowest BCUT2D eigenvalue weighted by molar-refractivity contribution is 0.101. The highest BCUT2D eigenvalue weighted by molar-refractivity contribution is 7.92. The second-order valence-corrected chi connectivity index (χ2v) is 6.59. The minimum atomic E-state index is -3.52. The smallest absolute Gasteiger partial charge is 0.261 e. The van der Waals surface area contributed by atoms with Crippen molar-refractivity contribution in [3.8, 4) is 5.75 Å². The standard InChI is InChI=1S/C15H14F2N2O4S/c1-23-13-8-9(6-7-12(13)19-24(2,21)22)18-15(20)14-10(16)4-3-5-11(14)17/h3-8,19H,1-2H3,(H,18,20). The molecule has 2 rings (SSSR count). The van der Waals surface area contributed by atoms with Crippen molar-refractivity contribution in [2.75, 3.05) is 23.4 Å². The number of carbonyl (C=O) groups excluding carboxylic acids is 1. The highest BCUT2D eigenvalue weighted by Gasteiger charge is 2.18. The maximum absolute atomic E-state index is 13.6. The molecule has 0 saturated heterocycles. The molecule has 6 nitrogen and oxygen atoms in total. The summed E-state index contributed by atoms with van der Waals surface area (Å²) in [7, 11) is -2.21. The first-order valence-electron chi connectivity index (χ1n) is 6.62. The van der Waals surface area contributed by atoms with Gasteiger partial charge in [0.25, 0.3) is 5.91 Å². The number of carbonyl (C=O) groups is 1. The summed E-state index contributed by atoms with van der Waals surface area (Å²) in [5.41, 5.74) is -0.372. The predicted molar refractivity (Wildman–Crippen MR) is 85.8 cm³/mol. The lowest BCUT2D eigenvalue weighted by Crippen LogP contribution is -2.16. The zero-order valence-corrected chi connectivity index (χ0v) is 13.6. The van der Waals surface area contributed by atoms with E-state index in [1.165, 1.54) is 25.3 Å². The monoisotopic (exact) mass is 356 g/mol. The molecule has 24 heavy (non-hydrogen) atoms. The average molecular weight is 356 g/mol. The Hall–Kier alpha value is -2.68. The topological polar surface area (TPSA) is 84.5 Å². The minimum absolute atomic E-state index is 0.132. The van der Waals surface area contributed by atoms with Crippen LogP contribution in [-0.2, 0) is 10.0 Å². The molecule has 0 heterocycles. The van der Waals surface area contributed by atoms with Crippen LogP contribution in [0.15, 0.2) is 36.4 Å². The lowest BCUT2D eigenvalue weighted by atomic mass is 10.1. The average Bonchev–Trinajstić information content (AvgIpc) is 2.47. The van der Waals surface area contributed by atoms with E-state index in [-0.39, 0.29) is 17.1 Å². The fraction of sp³-hybridized carbons (Fsp3) is 0.133. The van der Waals surface area contributed by atoms with Gasteiger partial charge >= 0.3 is 0 Å². The first-order chi connectivity index (χ1) is 11.2. The number of methoxy groups -OCH3 is 1. The maximum Gasteiger partial charge on any atom is 0.261 e. The van der Waals surface area contributed by atoms with Crippen molar-refractivity contribution >= 4 is 27.3 Å². The molecule has 128 valence electrons. The van der Waals surface area contributed by atoms with Crippen LogP contribution in [0.4, 0.5) is 20.2 Å². The molecule has 0 spiro atoms. The Bertz CT molecular complexity index is 865. The zero-order valence-electron chi connectivity index (χ0n) is 12.8. The van der Waals surface area contributed by atoms with Crippen molar-refractivity contribution in [2.24, 2.45) is 0 Å². The normalized spacial score (nSPS) is 11.0. The summed E-state index contributed by atoms with van der Waals surface area (Å²) >= 11 is 0. The molecule has 0 saturated carbocycles. The van der Waals surface area contributed by atoms with Gasteiger partial charge in [-0.25, -0.2) is 17.2 Å². The molecule has 0 fully saturated rings. The Morgan fingerprint density at radius 1 is 1.12 bits per heavy atom. The molecule has 0 aliphatic carbocycles. The second kappa shape index (κ2) is 6.83. The third kappa shape index (κ3) is 4.19. The molecule has 0 aromatic heterocycles. The number of ether oxygens (including phenoxy) is 1. The van der Waals surface area contributed by atoms with Gasteiger partial charge in [-0.3, -0.25) is 9.52 Å². The third-order valence-corrected chi connectivity index (χ3v) is 3.54. The molecular weight excluding hydrogens is 342 g/mol. The van der Waals surface area contributed by atoms with E-state index in [0.717, 1.165) is 24.5 Å². The number of hydrogen-bond donors (Lipinski definition) is 2. The molecule has 0 atom stereocenters. The molecule has 0 unspecified atom stereocenters. The number of nitrogens with one attached hydrogen (secondary N) is 2. The summed E-state index contributed by atoms with van der Waals surface area (Å²) in [6.07, 6.45) is 0.975. The van der Waals surface area contributed by atoms with Crippen molar-refractivity contribution in [3.63, 3.8) is 0 Å². The van der Waals surface area contributed by atoms with Gasteiger partial charge in [0.05, 0.1) is 19.1 Å². The fourth-order valence-corrected chi connectivity index (χ4v) is 2.53. The molecule has 1 amide bonds. The van der Waals surface area contributed by atoms with Gasteiger partial charge in [0, 0.05) is 11.8 Å². The Balaban J connectivity index is 2.29. The molecule has 2 aromatic rings. The Morgan fingerprint density at radius 2 is 1.75 bits per heavy atom. The highest BCUT2D eigenvalue weighted by atomic mass is 32.2. The maximum atomic E-state index is 13.6. The summed E-state index contributed by atoms with van der Waals surface area (Å²) in [6.45, 7) is 0. The number of halogens is 2. The first kappa shape index (κ1) is 17.7. The van der Waals surface area contributed by atoms with Crippen LogP contribution in [0.3, 0.4) is 0 Å². The quantitative estimate of drug-likeness (QED) is 0.862. The SMILES string of the molecule is COc1cc(NC(=O)c2c(F)cccc2F)ccc1NS(C)(=O)=O. The second-order valence-electron chi connectivity index (χ2n) is 4.84. The number of anilines is 2. The van der Waals surface area contributed by atoms with Crippen LogP contribution in [0.25, 0.3) is 0 Å². The van der Waals surface area contributed by atoms with Gasteiger partial charge in [-0.1, -0.05) is 6.07 Å². The van der Waals surface area contributed by atoms with Crippen LogP contribution in [-0.4, -0.2) is 27.7 Å². The third-order valence-electron chi connectivity index (χ3n) is 2.94. The number of amides is 1. The fourth-order valence-electron chi connectivity index (χ4n) is 1.96. The molecule has 0 bridgehead atoms. The molecular formula is C15H14F2N2O4S. The van der Waals surface area contributed by atoms with Crippen LogP contribution < -0.4 is 14.8 Å². The molecule has 2 aromatic carbocycles. The molecule has 0 aliphatic rings. The van der Waals surface area contributed by atoms with Crippen molar-refractivity contribution in [3.05, 3.63) is 53.6 Å². The number of hydrogen-bond acceptors (Lipinski definition) is 4. The van der Waals surface area contributed by atoms with E-state index in [2.05, 4.69) is 10.0 Å². The van der Waals surface area contributed by atoms with Crippen LogP contribution in [0.1, 0.15) is 10.4 Å². The van der Waals surface area contributed by atoms with Crippen molar-refractivity contribution in [2.45, 2.75) is 0 Å².